The van der Waals surface area contributed by atoms with E-state index < -0.39 is 10.0 Å². The van der Waals surface area contributed by atoms with Crippen LogP contribution in [0.1, 0.15) is 15.9 Å². The monoisotopic (exact) mass is 458 g/mol. The maximum Gasteiger partial charge on any atom is 0.264 e. The molecule has 0 saturated carbocycles. The molecule has 1 amide bonds. The zero-order chi connectivity index (χ0) is 20.3. The fraction of sp³-hybridized carbons (Fsp3) is 0.0952. The van der Waals surface area contributed by atoms with Gasteiger partial charge in [0, 0.05) is 17.1 Å². The van der Waals surface area contributed by atoms with E-state index in [9.17, 15) is 13.2 Å². The average Bonchev–Trinajstić information content (AvgIpc) is 2.70. The van der Waals surface area contributed by atoms with Gasteiger partial charge in [0.2, 0.25) is 0 Å². The van der Waals surface area contributed by atoms with E-state index in [0.29, 0.717) is 11.4 Å². The molecule has 0 radical (unpaired) electrons. The average molecular weight is 459 g/mol. The zero-order valence-electron chi connectivity index (χ0n) is 15.4. The lowest BCUT2D eigenvalue weighted by molar-refractivity contribution is 0.102. The summed E-state index contributed by atoms with van der Waals surface area (Å²) in [7, 11) is -2.30. The zero-order valence-corrected chi connectivity index (χ0v) is 17.8. The molecule has 5 nitrogen and oxygen atoms in total. The highest BCUT2D eigenvalue weighted by atomic mass is 79.9. The summed E-state index contributed by atoms with van der Waals surface area (Å²) in [5, 5.41) is 2.80. The second-order valence-corrected chi connectivity index (χ2v) is 9.10. The van der Waals surface area contributed by atoms with Gasteiger partial charge in [-0.3, -0.25) is 9.10 Å². The van der Waals surface area contributed by atoms with E-state index in [4.69, 9.17) is 0 Å². The minimum atomic E-state index is -3.79. The molecule has 0 atom stereocenters. The van der Waals surface area contributed by atoms with Crippen molar-refractivity contribution < 1.29 is 13.2 Å². The van der Waals surface area contributed by atoms with E-state index in [2.05, 4.69) is 21.2 Å². The Bertz CT molecular complexity index is 1120. The third-order valence-electron chi connectivity index (χ3n) is 4.25. The molecule has 3 aromatic rings. The molecule has 7 heteroatoms. The molecule has 0 heterocycles. The predicted octanol–water partition coefficient (Wildman–Crippen LogP) is 4.83. The third kappa shape index (κ3) is 4.26. The van der Waals surface area contributed by atoms with Gasteiger partial charge in [0.1, 0.15) is 0 Å². The Labute approximate surface area is 173 Å². The van der Waals surface area contributed by atoms with Gasteiger partial charge in [0.15, 0.2) is 0 Å². The van der Waals surface area contributed by atoms with Crippen molar-refractivity contribution >= 4 is 43.2 Å². The number of benzene rings is 3. The summed E-state index contributed by atoms with van der Waals surface area (Å²) in [6, 6.07) is 20.4. The van der Waals surface area contributed by atoms with Crippen LogP contribution in [0.5, 0.6) is 0 Å². The van der Waals surface area contributed by atoms with Gasteiger partial charge in [-0.15, -0.1) is 0 Å². The van der Waals surface area contributed by atoms with Gasteiger partial charge in [-0.25, -0.2) is 8.42 Å². The highest BCUT2D eigenvalue weighted by Crippen LogP contribution is 2.25. The van der Waals surface area contributed by atoms with Crippen LogP contribution in [0, 0.1) is 6.92 Å². The second-order valence-electron chi connectivity index (χ2n) is 6.27. The largest absolute Gasteiger partial charge is 0.321 e. The number of carbonyl (C=O) groups is 1. The Kier molecular flexibility index (Phi) is 5.86. The Morgan fingerprint density at radius 1 is 0.964 bits per heavy atom. The molecule has 0 aliphatic heterocycles. The van der Waals surface area contributed by atoms with Crippen molar-refractivity contribution in [2.24, 2.45) is 0 Å². The summed E-state index contributed by atoms with van der Waals surface area (Å²) < 4.78 is 27.8. The van der Waals surface area contributed by atoms with E-state index in [-0.39, 0.29) is 16.4 Å². The maximum absolute atomic E-state index is 12.9. The van der Waals surface area contributed by atoms with Crippen LogP contribution in [0.15, 0.2) is 82.2 Å². The summed E-state index contributed by atoms with van der Waals surface area (Å²) in [5.74, 6) is -0.385. The van der Waals surface area contributed by atoms with E-state index in [1.807, 2.05) is 25.1 Å². The molecule has 144 valence electrons. The standard InChI is InChI=1S/C21H19BrN2O3S/c1-15-11-12-20(19(22)13-15)23-21(25)16-7-6-10-18(14-16)28(26,27)24(2)17-8-4-3-5-9-17/h3-14H,1-2H3,(H,23,25). The van der Waals surface area contributed by atoms with E-state index in [0.717, 1.165) is 10.0 Å². The molecule has 0 unspecified atom stereocenters. The van der Waals surface area contributed by atoms with E-state index >= 15 is 0 Å². The van der Waals surface area contributed by atoms with Crippen LogP contribution < -0.4 is 9.62 Å². The first-order valence-electron chi connectivity index (χ1n) is 8.50. The lowest BCUT2D eigenvalue weighted by Crippen LogP contribution is -2.26. The molecular formula is C21H19BrN2O3S. The number of sulfonamides is 1. The van der Waals surface area contributed by atoms with E-state index in [1.54, 1.807) is 42.5 Å². The number of halogens is 1. The number of hydrogen-bond acceptors (Lipinski definition) is 3. The van der Waals surface area contributed by atoms with Crippen LogP contribution in [0.4, 0.5) is 11.4 Å². The van der Waals surface area contributed by atoms with Gasteiger partial charge in [-0.2, -0.15) is 0 Å². The number of hydrogen-bond donors (Lipinski definition) is 1. The Hall–Kier alpha value is -2.64. The topological polar surface area (TPSA) is 66.5 Å². The smallest absolute Gasteiger partial charge is 0.264 e. The van der Waals surface area contributed by atoms with Crippen LogP contribution >= 0.6 is 15.9 Å². The molecule has 0 aromatic heterocycles. The molecule has 28 heavy (non-hydrogen) atoms. The van der Waals surface area contributed by atoms with Gasteiger partial charge >= 0.3 is 0 Å². The van der Waals surface area contributed by atoms with Gasteiger partial charge < -0.3 is 5.32 Å². The summed E-state index contributed by atoms with van der Waals surface area (Å²) in [6.45, 7) is 1.95. The molecule has 0 fully saturated rings. The number of carbonyl (C=O) groups excluding carboxylic acids is 1. The normalized spacial score (nSPS) is 11.1. The van der Waals surface area contributed by atoms with Crippen LogP contribution in [-0.2, 0) is 10.0 Å². The lowest BCUT2D eigenvalue weighted by Gasteiger charge is -2.19. The highest BCUT2D eigenvalue weighted by Gasteiger charge is 2.22. The van der Waals surface area contributed by atoms with Crippen LogP contribution in [0.25, 0.3) is 0 Å². The molecule has 0 aliphatic rings. The number of para-hydroxylation sites is 1. The number of aryl methyl sites for hydroxylation is 1. The van der Waals surface area contributed by atoms with Crippen molar-refractivity contribution in [3.8, 4) is 0 Å². The molecule has 0 saturated heterocycles. The Morgan fingerprint density at radius 3 is 2.36 bits per heavy atom. The van der Waals surface area contributed by atoms with Gasteiger partial charge in [0.25, 0.3) is 15.9 Å². The quantitative estimate of drug-likeness (QED) is 0.594. The second kappa shape index (κ2) is 8.16. The predicted molar refractivity (Wildman–Crippen MR) is 115 cm³/mol. The molecule has 0 spiro atoms. The van der Waals surface area contributed by atoms with Crippen molar-refractivity contribution in [3.05, 3.63) is 88.4 Å². The molecule has 3 rings (SSSR count). The minimum absolute atomic E-state index is 0.0504. The summed E-state index contributed by atoms with van der Waals surface area (Å²) in [6.07, 6.45) is 0. The number of amides is 1. The fourth-order valence-electron chi connectivity index (χ4n) is 2.65. The van der Waals surface area contributed by atoms with Crippen molar-refractivity contribution in [2.45, 2.75) is 11.8 Å². The van der Waals surface area contributed by atoms with Gasteiger partial charge in [-0.1, -0.05) is 30.3 Å². The summed E-state index contributed by atoms with van der Waals surface area (Å²) in [4.78, 5) is 12.7. The summed E-state index contributed by atoms with van der Waals surface area (Å²) >= 11 is 3.42. The first-order chi connectivity index (χ1) is 13.3. The minimum Gasteiger partial charge on any atom is -0.321 e. The first kappa shape index (κ1) is 20.1. The lowest BCUT2D eigenvalue weighted by atomic mass is 10.2. The summed E-state index contributed by atoms with van der Waals surface area (Å²) in [5.41, 5.74) is 2.48. The first-order valence-corrected chi connectivity index (χ1v) is 10.7. The molecule has 1 N–H and O–H groups in total. The van der Waals surface area contributed by atoms with Crippen LogP contribution in [-0.4, -0.2) is 21.4 Å². The molecule has 0 aliphatic carbocycles. The Morgan fingerprint density at radius 2 is 1.68 bits per heavy atom. The molecular weight excluding hydrogens is 440 g/mol. The number of nitrogens with one attached hydrogen (secondary N) is 1. The van der Waals surface area contributed by atoms with Gasteiger partial charge in [0.05, 0.1) is 16.3 Å². The van der Waals surface area contributed by atoms with E-state index in [1.165, 1.54) is 23.5 Å². The highest BCUT2D eigenvalue weighted by molar-refractivity contribution is 9.10. The van der Waals surface area contributed by atoms with Crippen molar-refractivity contribution in [2.75, 3.05) is 16.7 Å². The van der Waals surface area contributed by atoms with Crippen molar-refractivity contribution in [1.82, 2.24) is 0 Å². The maximum atomic E-state index is 12.9. The SMILES string of the molecule is Cc1ccc(NC(=O)c2cccc(S(=O)(=O)N(C)c3ccccc3)c2)c(Br)c1. The number of rotatable bonds is 5. The number of anilines is 2. The Balaban J connectivity index is 1.88. The van der Waals surface area contributed by atoms with Crippen molar-refractivity contribution in [3.63, 3.8) is 0 Å². The van der Waals surface area contributed by atoms with Crippen LogP contribution in [0.2, 0.25) is 0 Å². The van der Waals surface area contributed by atoms with Gasteiger partial charge in [-0.05, 0) is 70.9 Å². The fourth-order valence-corrected chi connectivity index (χ4v) is 4.48. The molecule has 0 bridgehead atoms. The van der Waals surface area contributed by atoms with Crippen molar-refractivity contribution in [1.29, 1.82) is 0 Å². The molecule has 3 aromatic carbocycles. The third-order valence-corrected chi connectivity index (χ3v) is 6.68. The van der Waals surface area contributed by atoms with Crippen LogP contribution in [0.3, 0.4) is 0 Å². The number of nitrogens with zero attached hydrogens (tertiary/aromatic N) is 1.